The molecule has 1 nitrogen and oxygen atoms in total. The van der Waals surface area contributed by atoms with Crippen LogP contribution in [0, 0.1) is 0 Å². The van der Waals surface area contributed by atoms with Gasteiger partial charge in [-0.2, -0.15) is 0 Å². The van der Waals surface area contributed by atoms with Gasteiger partial charge in [-0.25, -0.2) is 0 Å². The Bertz CT molecular complexity index is 706. The molecule has 0 aliphatic rings. The Labute approximate surface area is 114 Å². The van der Waals surface area contributed by atoms with Crippen LogP contribution in [-0.4, -0.2) is 10.4 Å². The van der Waals surface area contributed by atoms with Gasteiger partial charge in [0.2, 0.25) is 0 Å². The van der Waals surface area contributed by atoms with Crippen molar-refractivity contribution in [3.05, 3.63) is 60.2 Å². The van der Waals surface area contributed by atoms with Crippen molar-refractivity contribution >= 4 is 37.5 Å². The first-order valence-electron chi connectivity index (χ1n) is 5.95. The van der Waals surface area contributed by atoms with Crippen molar-refractivity contribution in [2.45, 2.75) is 6.10 Å². The van der Waals surface area contributed by atoms with E-state index >= 15 is 0 Å². The SMILES string of the molecule is OC(CBr)c1ccc2ccc3ccccc3c2c1. The number of rotatable bonds is 2. The van der Waals surface area contributed by atoms with Crippen molar-refractivity contribution in [1.29, 1.82) is 0 Å². The van der Waals surface area contributed by atoms with E-state index in [4.69, 9.17) is 0 Å². The van der Waals surface area contributed by atoms with Gasteiger partial charge in [-0.15, -0.1) is 0 Å². The Morgan fingerprint density at radius 1 is 0.889 bits per heavy atom. The fraction of sp³-hybridized carbons (Fsp3) is 0.125. The fourth-order valence-corrected chi connectivity index (χ4v) is 2.69. The van der Waals surface area contributed by atoms with E-state index in [9.17, 15) is 5.11 Å². The first-order valence-corrected chi connectivity index (χ1v) is 7.07. The summed E-state index contributed by atoms with van der Waals surface area (Å²) in [4.78, 5) is 0. The zero-order valence-corrected chi connectivity index (χ0v) is 11.4. The minimum atomic E-state index is -0.451. The third kappa shape index (κ3) is 1.92. The monoisotopic (exact) mass is 300 g/mol. The maximum absolute atomic E-state index is 9.91. The Hall–Kier alpha value is -1.38. The summed E-state index contributed by atoms with van der Waals surface area (Å²) in [5.41, 5.74) is 0.954. The predicted octanol–water partition coefficient (Wildman–Crippen LogP) is 4.42. The molecule has 1 N–H and O–H groups in total. The highest BCUT2D eigenvalue weighted by atomic mass is 79.9. The van der Waals surface area contributed by atoms with Gasteiger partial charge in [-0.1, -0.05) is 64.5 Å². The summed E-state index contributed by atoms with van der Waals surface area (Å²) in [6, 6.07) is 18.8. The van der Waals surface area contributed by atoms with Gasteiger partial charge in [0, 0.05) is 5.33 Å². The Morgan fingerprint density at radius 3 is 2.33 bits per heavy atom. The summed E-state index contributed by atoms with van der Waals surface area (Å²) in [7, 11) is 0. The summed E-state index contributed by atoms with van der Waals surface area (Å²) >= 11 is 3.32. The van der Waals surface area contributed by atoms with Gasteiger partial charge in [0.25, 0.3) is 0 Å². The van der Waals surface area contributed by atoms with Crippen LogP contribution in [0.5, 0.6) is 0 Å². The number of aliphatic hydroxyl groups is 1. The quantitative estimate of drug-likeness (QED) is 0.548. The van der Waals surface area contributed by atoms with Crippen molar-refractivity contribution in [2.24, 2.45) is 0 Å². The van der Waals surface area contributed by atoms with E-state index in [-0.39, 0.29) is 0 Å². The number of halogens is 1. The second kappa shape index (κ2) is 4.71. The second-order valence-corrected chi connectivity index (χ2v) is 5.08. The van der Waals surface area contributed by atoms with Crippen molar-refractivity contribution in [3.63, 3.8) is 0 Å². The highest BCUT2D eigenvalue weighted by Gasteiger charge is 2.07. The topological polar surface area (TPSA) is 20.2 Å². The molecule has 2 heteroatoms. The summed E-state index contributed by atoms with van der Waals surface area (Å²) in [5, 5.41) is 15.3. The third-order valence-corrected chi connectivity index (χ3v) is 3.91. The Balaban J connectivity index is 2.33. The number of fused-ring (bicyclic) bond motifs is 3. The normalized spacial score (nSPS) is 13.0. The molecule has 1 unspecified atom stereocenters. The first-order chi connectivity index (χ1) is 8.79. The molecule has 3 aromatic rings. The molecule has 0 fully saturated rings. The number of benzene rings is 3. The van der Waals surface area contributed by atoms with Crippen molar-refractivity contribution in [1.82, 2.24) is 0 Å². The van der Waals surface area contributed by atoms with E-state index in [1.807, 2.05) is 12.1 Å². The summed E-state index contributed by atoms with van der Waals surface area (Å²) in [6.07, 6.45) is -0.451. The number of aliphatic hydroxyl groups excluding tert-OH is 1. The van der Waals surface area contributed by atoms with E-state index in [0.29, 0.717) is 5.33 Å². The van der Waals surface area contributed by atoms with Crippen LogP contribution in [-0.2, 0) is 0 Å². The minimum Gasteiger partial charge on any atom is -0.388 e. The molecule has 18 heavy (non-hydrogen) atoms. The third-order valence-electron chi connectivity index (χ3n) is 3.30. The Kier molecular flexibility index (Phi) is 3.06. The number of alkyl halides is 1. The highest BCUT2D eigenvalue weighted by Crippen LogP contribution is 2.28. The summed E-state index contributed by atoms with van der Waals surface area (Å²) in [5.74, 6) is 0. The van der Waals surface area contributed by atoms with Crippen LogP contribution in [0.4, 0.5) is 0 Å². The van der Waals surface area contributed by atoms with Gasteiger partial charge in [0.05, 0.1) is 6.10 Å². The molecule has 3 rings (SSSR count). The number of hydrogen-bond donors (Lipinski definition) is 1. The van der Waals surface area contributed by atoms with Gasteiger partial charge in [-0.05, 0) is 33.2 Å². The lowest BCUT2D eigenvalue weighted by atomic mass is 9.99. The standard InChI is InChI=1S/C16H13BrO/c17-10-16(18)13-8-7-12-6-5-11-3-1-2-4-14(11)15(12)9-13/h1-9,16,18H,10H2. The molecule has 0 heterocycles. The molecular formula is C16H13BrO. The smallest absolute Gasteiger partial charge is 0.0887 e. The molecule has 0 aliphatic carbocycles. The van der Waals surface area contributed by atoms with Crippen LogP contribution in [0.2, 0.25) is 0 Å². The summed E-state index contributed by atoms with van der Waals surface area (Å²) < 4.78 is 0. The molecule has 0 aromatic heterocycles. The Morgan fingerprint density at radius 2 is 1.56 bits per heavy atom. The second-order valence-electron chi connectivity index (χ2n) is 4.44. The zero-order chi connectivity index (χ0) is 12.5. The first kappa shape index (κ1) is 11.7. The van der Waals surface area contributed by atoms with Crippen LogP contribution in [0.1, 0.15) is 11.7 Å². The molecule has 1 atom stereocenters. The molecule has 0 radical (unpaired) electrons. The highest BCUT2D eigenvalue weighted by molar-refractivity contribution is 9.09. The predicted molar refractivity (Wildman–Crippen MR) is 80.2 cm³/mol. The van der Waals surface area contributed by atoms with Gasteiger partial charge < -0.3 is 5.11 Å². The van der Waals surface area contributed by atoms with Gasteiger partial charge in [0.1, 0.15) is 0 Å². The maximum Gasteiger partial charge on any atom is 0.0887 e. The van der Waals surface area contributed by atoms with Crippen LogP contribution in [0.15, 0.2) is 54.6 Å². The van der Waals surface area contributed by atoms with E-state index in [0.717, 1.165) is 5.56 Å². The van der Waals surface area contributed by atoms with Crippen LogP contribution in [0.25, 0.3) is 21.5 Å². The van der Waals surface area contributed by atoms with Gasteiger partial charge in [0.15, 0.2) is 0 Å². The average molecular weight is 301 g/mol. The molecule has 0 spiro atoms. The molecule has 0 amide bonds. The maximum atomic E-state index is 9.91. The fourth-order valence-electron chi connectivity index (χ4n) is 2.32. The largest absolute Gasteiger partial charge is 0.388 e. The average Bonchev–Trinajstić information content (AvgIpc) is 2.45. The molecular weight excluding hydrogens is 288 g/mol. The molecule has 0 bridgehead atoms. The van der Waals surface area contributed by atoms with Crippen LogP contribution < -0.4 is 0 Å². The van der Waals surface area contributed by atoms with Gasteiger partial charge >= 0.3 is 0 Å². The van der Waals surface area contributed by atoms with E-state index in [1.165, 1.54) is 21.5 Å². The molecule has 0 aliphatic heterocycles. The lowest BCUT2D eigenvalue weighted by molar-refractivity contribution is 0.205. The minimum absolute atomic E-state index is 0.451. The molecule has 0 saturated carbocycles. The zero-order valence-electron chi connectivity index (χ0n) is 9.81. The summed E-state index contributed by atoms with van der Waals surface area (Å²) in [6.45, 7) is 0. The molecule has 3 aromatic carbocycles. The molecule has 0 saturated heterocycles. The number of hydrogen-bond acceptors (Lipinski definition) is 1. The van der Waals surface area contributed by atoms with Crippen molar-refractivity contribution in [2.75, 3.05) is 5.33 Å². The lowest BCUT2D eigenvalue weighted by Crippen LogP contribution is -1.97. The van der Waals surface area contributed by atoms with E-state index in [2.05, 4.69) is 58.4 Å². The van der Waals surface area contributed by atoms with Gasteiger partial charge in [-0.3, -0.25) is 0 Å². The molecule has 90 valence electrons. The van der Waals surface area contributed by atoms with E-state index in [1.54, 1.807) is 0 Å². The van der Waals surface area contributed by atoms with E-state index < -0.39 is 6.10 Å². The lowest BCUT2D eigenvalue weighted by Gasteiger charge is -2.10. The van der Waals surface area contributed by atoms with Crippen LogP contribution in [0.3, 0.4) is 0 Å². The van der Waals surface area contributed by atoms with Crippen LogP contribution >= 0.6 is 15.9 Å². The van der Waals surface area contributed by atoms with Crippen molar-refractivity contribution in [3.8, 4) is 0 Å². The van der Waals surface area contributed by atoms with Crippen molar-refractivity contribution < 1.29 is 5.11 Å².